The molecule has 0 amide bonds. The summed E-state index contributed by atoms with van der Waals surface area (Å²) in [6, 6.07) is 3.73. The molecule has 5 nitrogen and oxygen atoms in total. The molecule has 6 heteroatoms. The van der Waals surface area contributed by atoms with E-state index in [2.05, 4.69) is 10.1 Å². The van der Waals surface area contributed by atoms with Gasteiger partial charge in [-0.1, -0.05) is 6.07 Å². The van der Waals surface area contributed by atoms with E-state index in [1.54, 1.807) is 0 Å². The zero-order valence-corrected chi connectivity index (χ0v) is 10.4. The second-order valence-electron chi connectivity index (χ2n) is 4.46. The second-order valence-corrected chi connectivity index (χ2v) is 4.46. The van der Waals surface area contributed by atoms with Crippen LogP contribution in [0.25, 0.3) is 0 Å². The van der Waals surface area contributed by atoms with Crippen molar-refractivity contribution in [1.29, 1.82) is 0 Å². The molecule has 0 saturated carbocycles. The Morgan fingerprint density at radius 3 is 2.74 bits per heavy atom. The highest BCUT2D eigenvalue weighted by Crippen LogP contribution is 2.29. The number of carboxylic acids is 1. The molecule has 2 atom stereocenters. The van der Waals surface area contributed by atoms with Gasteiger partial charge < -0.3 is 15.2 Å². The second kappa shape index (κ2) is 5.36. The highest BCUT2D eigenvalue weighted by molar-refractivity contribution is 5.89. The molecule has 19 heavy (non-hydrogen) atoms. The zero-order valence-electron chi connectivity index (χ0n) is 10.4. The summed E-state index contributed by atoms with van der Waals surface area (Å²) in [5, 5.41) is 11.9. The average molecular weight is 267 g/mol. The highest BCUT2D eigenvalue weighted by atomic mass is 19.1. The first-order chi connectivity index (χ1) is 9.02. The molecule has 2 N–H and O–H groups in total. The predicted octanol–water partition coefficient (Wildman–Crippen LogP) is 1.35. The molecular weight excluding hydrogens is 253 g/mol. The Morgan fingerprint density at radius 2 is 2.21 bits per heavy atom. The summed E-state index contributed by atoms with van der Waals surface area (Å²) in [7, 11) is 1.23. The largest absolute Gasteiger partial charge is 0.481 e. The van der Waals surface area contributed by atoms with Crippen molar-refractivity contribution in [2.45, 2.75) is 12.5 Å². The van der Waals surface area contributed by atoms with Gasteiger partial charge in [0.05, 0.1) is 18.6 Å². The van der Waals surface area contributed by atoms with Crippen LogP contribution >= 0.6 is 0 Å². The van der Waals surface area contributed by atoms with E-state index in [1.165, 1.54) is 19.2 Å². The molecule has 1 saturated heterocycles. The number of nitrogens with one attached hydrogen (secondary N) is 1. The number of halogens is 1. The highest BCUT2D eigenvalue weighted by Gasteiger charge is 2.31. The van der Waals surface area contributed by atoms with Gasteiger partial charge in [-0.15, -0.1) is 0 Å². The maximum Gasteiger partial charge on any atom is 0.337 e. The summed E-state index contributed by atoms with van der Waals surface area (Å²) in [4.78, 5) is 22.1. The van der Waals surface area contributed by atoms with Gasteiger partial charge in [0.25, 0.3) is 0 Å². The molecule has 1 aromatic rings. The van der Waals surface area contributed by atoms with Gasteiger partial charge in [0.1, 0.15) is 5.82 Å². The SMILES string of the molecule is COC(=O)c1ccc(C2CC(C(=O)O)CN2)c(F)c1. The first-order valence-electron chi connectivity index (χ1n) is 5.87. The van der Waals surface area contributed by atoms with Crippen molar-refractivity contribution in [3.05, 3.63) is 35.1 Å². The summed E-state index contributed by atoms with van der Waals surface area (Å²) in [5.41, 5.74) is 0.507. The Bertz CT molecular complexity index is 517. The van der Waals surface area contributed by atoms with Crippen LogP contribution in [0, 0.1) is 11.7 Å². The molecule has 1 heterocycles. The van der Waals surface area contributed by atoms with Crippen LogP contribution in [0.3, 0.4) is 0 Å². The number of hydrogen-bond acceptors (Lipinski definition) is 4. The number of hydrogen-bond donors (Lipinski definition) is 2. The van der Waals surface area contributed by atoms with E-state index in [0.717, 1.165) is 6.07 Å². The molecule has 2 rings (SSSR count). The van der Waals surface area contributed by atoms with Crippen molar-refractivity contribution in [3.63, 3.8) is 0 Å². The lowest BCUT2D eigenvalue weighted by Gasteiger charge is -2.12. The minimum atomic E-state index is -0.887. The molecular formula is C13H14FNO4. The fraction of sp³-hybridized carbons (Fsp3) is 0.385. The van der Waals surface area contributed by atoms with Crippen molar-refractivity contribution < 1.29 is 23.8 Å². The van der Waals surface area contributed by atoms with Crippen LogP contribution in [0.4, 0.5) is 4.39 Å². The number of ether oxygens (including phenoxy) is 1. The van der Waals surface area contributed by atoms with Gasteiger partial charge in [0.2, 0.25) is 0 Å². The van der Waals surface area contributed by atoms with Gasteiger partial charge in [-0.3, -0.25) is 4.79 Å². The zero-order chi connectivity index (χ0) is 14.0. The number of rotatable bonds is 3. The maximum atomic E-state index is 13.9. The lowest BCUT2D eigenvalue weighted by atomic mass is 9.98. The average Bonchev–Trinajstić information content (AvgIpc) is 2.87. The first-order valence-corrected chi connectivity index (χ1v) is 5.87. The van der Waals surface area contributed by atoms with Crippen LogP contribution in [0.2, 0.25) is 0 Å². The third-order valence-electron chi connectivity index (χ3n) is 3.28. The molecule has 2 unspecified atom stereocenters. The van der Waals surface area contributed by atoms with Gasteiger partial charge in [-0.2, -0.15) is 0 Å². The maximum absolute atomic E-state index is 13.9. The third-order valence-corrected chi connectivity index (χ3v) is 3.28. The molecule has 1 aliphatic rings. The van der Waals surface area contributed by atoms with Crippen LogP contribution in [0.1, 0.15) is 28.4 Å². The normalized spacial score (nSPS) is 22.2. The van der Waals surface area contributed by atoms with E-state index >= 15 is 0 Å². The van der Waals surface area contributed by atoms with Crippen molar-refractivity contribution >= 4 is 11.9 Å². The smallest absolute Gasteiger partial charge is 0.337 e. The van der Waals surface area contributed by atoms with Crippen molar-refractivity contribution in [2.75, 3.05) is 13.7 Å². The van der Waals surface area contributed by atoms with Crippen molar-refractivity contribution in [2.24, 2.45) is 5.92 Å². The minimum absolute atomic E-state index is 0.136. The Morgan fingerprint density at radius 1 is 1.47 bits per heavy atom. The molecule has 0 spiro atoms. The van der Waals surface area contributed by atoms with Gasteiger partial charge in [0.15, 0.2) is 0 Å². The number of carbonyl (C=O) groups excluding carboxylic acids is 1. The van der Waals surface area contributed by atoms with Gasteiger partial charge in [-0.05, 0) is 18.6 Å². The number of aliphatic carboxylic acids is 1. The van der Waals surface area contributed by atoms with E-state index in [1.807, 2.05) is 0 Å². The van der Waals surface area contributed by atoms with Crippen LogP contribution in [-0.4, -0.2) is 30.7 Å². The number of benzene rings is 1. The fourth-order valence-electron chi connectivity index (χ4n) is 2.22. The van der Waals surface area contributed by atoms with Crippen LogP contribution in [0.5, 0.6) is 0 Å². The number of carboxylic acid groups (broad SMARTS) is 1. The molecule has 1 aromatic carbocycles. The van der Waals surface area contributed by atoms with E-state index in [-0.39, 0.29) is 11.6 Å². The molecule has 0 aromatic heterocycles. The van der Waals surface area contributed by atoms with Crippen LogP contribution in [-0.2, 0) is 9.53 Å². The fourth-order valence-corrected chi connectivity index (χ4v) is 2.22. The Balaban J connectivity index is 2.18. The number of methoxy groups -OCH3 is 1. The lowest BCUT2D eigenvalue weighted by Crippen LogP contribution is -2.17. The van der Waals surface area contributed by atoms with Crippen LogP contribution < -0.4 is 5.32 Å². The number of esters is 1. The Kier molecular flexibility index (Phi) is 3.80. The molecule has 0 aliphatic carbocycles. The molecule has 0 bridgehead atoms. The first kappa shape index (κ1) is 13.5. The standard InChI is InChI=1S/C13H14FNO4/c1-19-13(18)7-2-3-9(10(14)4-7)11-5-8(6-15-11)12(16)17/h2-4,8,11,15H,5-6H2,1H3,(H,16,17). The summed E-state index contributed by atoms with van der Waals surface area (Å²) in [6.45, 7) is 0.318. The summed E-state index contributed by atoms with van der Waals surface area (Å²) >= 11 is 0. The topological polar surface area (TPSA) is 75.6 Å². The monoisotopic (exact) mass is 267 g/mol. The van der Waals surface area contributed by atoms with Crippen LogP contribution in [0.15, 0.2) is 18.2 Å². The van der Waals surface area contributed by atoms with Gasteiger partial charge in [0, 0.05) is 18.2 Å². The Labute approximate surface area is 109 Å². The van der Waals surface area contributed by atoms with E-state index in [4.69, 9.17) is 5.11 Å². The van der Waals surface area contributed by atoms with E-state index in [9.17, 15) is 14.0 Å². The van der Waals surface area contributed by atoms with Gasteiger partial charge in [-0.25, -0.2) is 9.18 Å². The minimum Gasteiger partial charge on any atom is -0.481 e. The summed E-state index contributed by atoms with van der Waals surface area (Å²) in [6.07, 6.45) is 0.337. The third kappa shape index (κ3) is 2.73. The molecule has 102 valence electrons. The van der Waals surface area contributed by atoms with Gasteiger partial charge >= 0.3 is 11.9 Å². The summed E-state index contributed by atoms with van der Waals surface area (Å²) < 4.78 is 18.4. The quantitative estimate of drug-likeness (QED) is 0.808. The van der Waals surface area contributed by atoms with E-state index in [0.29, 0.717) is 18.5 Å². The lowest BCUT2D eigenvalue weighted by molar-refractivity contribution is -0.141. The molecule has 0 radical (unpaired) electrons. The predicted molar refractivity (Wildman–Crippen MR) is 64.2 cm³/mol. The van der Waals surface area contributed by atoms with Crippen molar-refractivity contribution in [1.82, 2.24) is 5.32 Å². The van der Waals surface area contributed by atoms with E-state index < -0.39 is 23.7 Å². The Hall–Kier alpha value is -1.95. The number of carbonyl (C=O) groups is 2. The summed E-state index contributed by atoms with van der Waals surface area (Å²) in [5.74, 6) is -2.54. The molecule has 1 aliphatic heterocycles. The molecule has 1 fully saturated rings. The van der Waals surface area contributed by atoms with Crippen molar-refractivity contribution in [3.8, 4) is 0 Å².